The summed E-state index contributed by atoms with van der Waals surface area (Å²) in [6.45, 7) is 2.92. The monoisotopic (exact) mass is 269 g/mol. The number of nitrogens with one attached hydrogen (secondary N) is 1. The van der Waals surface area contributed by atoms with Crippen molar-refractivity contribution in [2.24, 2.45) is 0 Å². The van der Waals surface area contributed by atoms with Gasteiger partial charge < -0.3 is 15.2 Å². The summed E-state index contributed by atoms with van der Waals surface area (Å²) in [5.41, 5.74) is 3.51. The maximum absolute atomic E-state index is 9.44. The average molecular weight is 269 g/mol. The lowest BCUT2D eigenvalue weighted by molar-refractivity contribution is 0.206. The second kappa shape index (κ2) is 5.45. The highest BCUT2D eigenvalue weighted by Crippen LogP contribution is 2.32. The van der Waals surface area contributed by atoms with Gasteiger partial charge in [0.15, 0.2) is 0 Å². The van der Waals surface area contributed by atoms with E-state index in [0.717, 1.165) is 30.8 Å². The molecule has 0 bridgehead atoms. The van der Waals surface area contributed by atoms with Gasteiger partial charge in [0.05, 0.1) is 12.2 Å². The van der Waals surface area contributed by atoms with E-state index >= 15 is 0 Å². The number of aryl methyl sites for hydroxylation is 1. The molecule has 3 heteroatoms. The van der Waals surface area contributed by atoms with Crippen molar-refractivity contribution in [3.63, 3.8) is 0 Å². The largest absolute Gasteiger partial charge is 0.508 e. The maximum atomic E-state index is 9.44. The van der Waals surface area contributed by atoms with E-state index in [-0.39, 0.29) is 11.9 Å². The molecule has 2 N–H and O–H groups in total. The number of ether oxygens (including phenoxy) is 1. The predicted octanol–water partition coefficient (Wildman–Crippen LogP) is 3.37. The fourth-order valence-corrected chi connectivity index (χ4v) is 2.49. The molecule has 3 nitrogen and oxygen atoms in total. The molecular weight excluding hydrogens is 250 g/mol. The maximum Gasteiger partial charge on any atom is 0.143 e. The second-order valence-corrected chi connectivity index (χ2v) is 5.18. The topological polar surface area (TPSA) is 41.5 Å². The van der Waals surface area contributed by atoms with Crippen molar-refractivity contribution in [2.75, 3.05) is 11.9 Å². The van der Waals surface area contributed by atoms with Gasteiger partial charge in [-0.2, -0.15) is 0 Å². The number of hydrogen-bond donors (Lipinski definition) is 2. The van der Waals surface area contributed by atoms with Crippen LogP contribution >= 0.6 is 0 Å². The van der Waals surface area contributed by atoms with Crippen molar-refractivity contribution in [2.45, 2.75) is 25.9 Å². The molecule has 3 rings (SSSR count). The molecule has 1 aliphatic rings. The Morgan fingerprint density at radius 1 is 1.15 bits per heavy atom. The summed E-state index contributed by atoms with van der Waals surface area (Å²) in [6.07, 6.45) is 2.08. The third-order valence-electron chi connectivity index (χ3n) is 3.67. The third-order valence-corrected chi connectivity index (χ3v) is 3.67. The van der Waals surface area contributed by atoms with Crippen molar-refractivity contribution < 1.29 is 9.84 Å². The summed E-state index contributed by atoms with van der Waals surface area (Å²) in [7, 11) is 0. The van der Waals surface area contributed by atoms with Crippen LogP contribution in [0.4, 0.5) is 5.69 Å². The number of phenols is 1. The molecule has 20 heavy (non-hydrogen) atoms. The lowest BCUT2D eigenvalue weighted by Crippen LogP contribution is -2.32. The predicted molar refractivity (Wildman–Crippen MR) is 80.5 cm³/mol. The lowest BCUT2D eigenvalue weighted by Gasteiger charge is -2.27. The summed E-state index contributed by atoms with van der Waals surface area (Å²) >= 11 is 0. The van der Waals surface area contributed by atoms with Gasteiger partial charge >= 0.3 is 0 Å². The molecule has 0 saturated heterocycles. The molecule has 0 radical (unpaired) electrons. The standard InChI is InChI=1S/C17H19NO2/c1-2-12-3-5-13(6-4-12)9-15-11-18-16-10-14(19)7-8-17(16)20-15/h3-8,10,15,18-19H,2,9,11H2,1H3. The van der Waals surface area contributed by atoms with Gasteiger partial charge in [0.1, 0.15) is 17.6 Å². The first-order valence-corrected chi connectivity index (χ1v) is 7.06. The molecule has 1 heterocycles. The molecule has 2 aromatic carbocycles. The van der Waals surface area contributed by atoms with E-state index in [4.69, 9.17) is 4.74 Å². The summed E-state index contributed by atoms with van der Waals surface area (Å²) in [4.78, 5) is 0. The van der Waals surface area contributed by atoms with Gasteiger partial charge in [0, 0.05) is 12.5 Å². The smallest absolute Gasteiger partial charge is 0.143 e. The van der Waals surface area contributed by atoms with Gasteiger partial charge in [-0.15, -0.1) is 0 Å². The molecule has 0 saturated carbocycles. The first kappa shape index (κ1) is 12.9. The van der Waals surface area contributed by atoms with E-state index in [0.29, 0.717) is 0 Å². The normalized spacial score (nSPS) is 16.9. The molecule has 2 aromatic rings. The minimum atomic E-state index is 0.125. The summed E-state index contributed by atoms with van der Waals surface area (Å²) in [5.74, 6) is 1.07. The molecule has 0 aliphatic carbocycles. The summed E-state index contributed by atoms with van der Waals surface area (Å²) in [6, 6.07) is 13.9. The SMILES string of the molecule is CCc1ccc(CC2CNc3cc(O)ccc3O2)cc1. The van der Waals surface area contributed by atoms with E-state index in [9.17, 15) is 5.11 Å². The third kappa shape index (κ3) is 2.72. The van der Waals surface area contributed by atoms with Gasteiger partial charge in [0.2, 0.25) is 0 Å². The Kier molecular flexibility index (Phi) is 3.50. The number of aromatic hydroxyl groups is 1. The Bertz CT molecular complexity index is 592. The zero-order valence-corrected chi connectivity index (χ0v) is 11.6. The zero-order chi connectivity index (χ0) is 13.9. The number of benzene rings is 2. The molecule has 104 valence electrons. The number of fused-ring (bicyclic) bond motifs is 1. The average Bonchev–Trinajstić information content (AvgIpc) is 2.48. The molecule has 1 atom stereocenters. The zero-order valence-electron chi connectivity index (χ0n) is 11.6. The van der Waals surface area contributed by atoms with Crippen LogP contribution in [-0.2, 0) is 12.8 Å². The highest BCUT2D eigenvalue weighted by atomic mass is 16.5. The van der Waals surface area contributed by atoms with E-state index in [1.165, 1.54) is 11.1 Å². The van der Waals surface area contributed by atoms with Crippen LogP contribution in [0.3, 0.4) is 0 Å². The second-order valence-electron chi connectivity index (χ2n) is 5.18. The van der Waals surface area contributed by atoms with Crippen LogP contribution in [-0.4, -0.2) is 17.8 Å². The molecule has 0 spiro atoms. The summed E-state index contributed by atoms with van der Waals surface area (Å²) in [5, 5.41) is 12.8. The molecule has 0 amide bonds. The van der Waals surface area contributed by atoms with Crippen LogP contribution in [0.5, 0.6) is 11.5 Å². The minimum absolute atomic E-state index is 0.125. The fraction of sp³-hybridized carbons (Fsp3) is 0.294. The number of phenolic OH excluding ortho intramolecular Hbond substituents is 1. The number of rotatable bonds is 3. The van der Waals surface area contributed by atoms with Crippen molar-refractivity contribution >= 4 is 5.69 Å². The highest BCUT2D eigenvalue weighted by Gasteiger charge is 2.19. The van der Waals surface area contributed by atoms with Crippen molar-refractivity contribution in [3.8, 4) is 11.5 Å². The van der Waals surface area contributed by atoms with Crippen LogP contribution in [0, 0.1) is 0 Å². The van der Waals surface area contributed by atoms with Crippen molar-refractivity contribution in [1.82, 2.24) is 0 Å². The molecule has 1 unspecified atom stereocenters. The first-order valence-electron chi connectivity index (χ1n) is 7.06. The summed E-state index contributed by atoms with van der Waals surface area (Å²) < 4.78 is 5.97. The molecule has 0 fully saturated rings. The Balaban J connectivity index is 1.69. The lowest BCUT2D eigenvalue weighted by atomic mass is 10.0. The fourth-order valence-electron chi connectivity index (χ4n) is 2.49. The van der Waals surface area contributed by atoms with Crippen molar-refractivity contribution in [1.29, 1.82) is 0 Å². The molecule has 0 aromatic heterocycles. The highest BCUT2D eigenvalue weighted by molar-refractivity contribution is 5.60. The Morgan fingerprint density at radius 3 is 2.65 bits per heavy atom. The van der Waals surface area contributed by atoms with Gasteiger partial charge in [0.25, 0.3) is 0 Å². The van der Waals surface area contributed by atoms with E-state index in [1.54, 1.807) is 12.1 Å². The van der Waals surface area contributed by atoms with Gasteiger partial charge in [-0.1, -0.05) is 31.2 Å². The Labute approximate surface area is 119 Å². The van der Waals surface area contributed by atoms with Gasteiger partial charge in [-0.3, -0.25) is 0 Å². The van der Waals surface area contributed by atoms with Gasteiger partial charge in [-0.25, -0.2) is 0 Å². The van der Waals surface area contributed by atoms with E-state index in [1.807, 2.05) is 6.07 Å². The van der Waals surface area contributed by atoms with Gasteiger partial charge in [-0.05, 0) is 29.7 Å². The Morgan fingerprint density at radius 2 is 1.90 bits per heavy atom. The van der Waals surface area contributed by atoms with Crippen molar-refractivity contribution in [3.05, 3.63) is 53.6 Å². The Hall–Kier alpha value is -2.16. The van der Waals surface area contributed by atoms with E-state index < -0.39 is 0 Å². The van der Waals surface area contributed by atoms with Crippen LogP contribution in [0.25, 0.3) is 0 Å². The molecular formula is C17H19NO2. The number of hydrogen-bond acceptors (Lipinski definition) is 3. The quantitative estimate of drug-likeness (QED) is 0.897. The van der Waals surface area contributed by atoms with Crippen LogP contribution in [0.2, 0.25) is 0 Å². The van der Waals surface area contributed by atoms with Crippen LogP contribution < -0.4 is 10.1 Å². The first-order chi connectivity index (χ1) is 9.74. The molecule has 1 aliphatic heterocycles. The van der Waals surface area contributed by atoms with Crippen LogP contribution in [0.15, 0.2) is 42.5 Å². The number of anilines is 1. The van der Waals surface area contributed by atoms with Crippen LogP contribution in [0.1, 0.15) is 18.1 Å². The van der Waals surface area contributed by atoms with E-state index in [2.05, 4.69) is 36.5 Å². The minimum Gasteiger partial charge on any atom is -0.508 e.